The lowest BCUT2D eigenvalue weighted by atomic mass is 10.1. The number of nitrogens with zero attached hydrogens (tertiary/aromatic N) is 2. The molecule has 0 fully saturated rings. The molecule has 11 heteroatoms. The van der Waals surface area contributed by atoms with Gasteiger partial charge in [0.05, 0.1) is 31.4 Å². The SMILES string of the molecule is CCCCNC(=O)[C@@H](C)N(Cc1ccc(C)cc1)C(=O)CN(c1ccc(OCC)cc1)S(=O)(=O)c1ccc(OC)c(OC)c1. The summed E-state index contributed by atoms with van der Waals surface area (Å²) in [5, 5.41) is 2.89. The lowest BCUT2D eigenvalue weighted by Crippen LogP contribution is -2.51. The highest BCUT2D eigenvalue weighted by Crippen LogP contribution is 2.33. The van der Waals surface area contributed by atoms with Crippen molar-refractivity contribution in [2.75, 3.05) is 38.2 Å². The molecule has 0 saturated heterocycles. The van der Waals surface area contributed by atoms with Gasteiger partial charge in [-0.1, -0.05) is 43.2 Å². The molecule has 0 aliphatic rings. The minimum Gasteiger partial charge on any atom is -0.494 e. The zero-order valence-corrected chi connectivity index (χ0v) is 27.1. The zero-order chi connectivity index (χ0) is 32.3. The Morgan fingerprint density at radius 2 is 1.57 bits per heavy atom. The first-order valence-corrected chi connectivity index (χ1v) is 16.1. The Kier molecular flexibility index (Phi) is 12.5. The van der Waals surface area contributed by atoms with Crippen LogP contribution >= 0.6 is 0 Å². The topological polar surface area (TPSA) is 114 Å². The minimum atomic E-state index is -4.30. The maximum atomic E-state index is 14.2. The van der Waals surface area contributed by atoms with Gasteiger partial charge in [0, 0.05) is 19.2 Å². The third-order valence-corrected chi connectivity index (χ3v) is 8.90. The van der Waals surface area contributed by atoms with Gasteiger partial charge in [0.1, 0.15) is 18.3 Å². The van der Waals surface area contributed by atoms with Crippen LogP contribution in [-0.4, -0.2) is 65.1 Å². The lowest BCUT2D eigenvalue weighted by Gasteiger charge is -2.32. The number of methoxy groups -OCH3 is 2. The first-order valence-electron chi connectivity index (χ1n) is 14.7. The molecule has 1 atom stereocenters. The van der Waals surface area contributed by atoms with Crippen molar-refractivity contribution in [3.8, 4) is 17.2 Å². The number of carbonyl (C=O) groups is 2. The Balaban J connectivity index is 2.05. The van der Waals surface area contributed by atoms with Crippen LogP contribution in [-0.2, 0) is 26.2 Å². The number of sulfonamides is 1. The smallest absolute Gasteiger partial charge is 0.264 e. The number of unbranched alkanes of at least 4 members (excludes halogenated alkanes) is 1. The Bertz CT molecular complexity index is 1490. The van der Waals surface area contributed by atoms with Crippen LogP contribution in [0.5, 0.6) is 17.2 Å². The molecule has 3 rings (SSSR count). The predicted molar refractivity (Wildman–Crippen MR) is 171 cm³/mol. The third kappa shape index (κ3) is 8.66. The number of anilines is 1. The Hall–Kier alpha value is -4.25. The quantitative estimate of drug-likeness (QED) is 0.224. The number of nitrogens with one attached hydrogen (secondary N) is 1. The van der Waals surface area contributed by atoms with Crippen molar-refractivity contribution >= 4 is 27.5 Å². The van der Waals surface area contributed by atoms with Crippen molar-refractivity contribution in [2.45, 2.75) is 58.0 Å². The van der Waals surface area contributed by atoms with Gasteiger partial charge in [-0.15, -0.1) is 0 Å². The van der Waals surface area contributed by atoms with E-state index in [1.165, 1.54) is 37.3 Å². The van der Waals surface area contributed by atoms with Crippen molar-refractivity contribution in [1.82, 2.24) is 10.2 Å². The molecule has 0 aliphatic heterocycles. The molecule has 0 spiro atoms. The van der Waals surface area contributed by atoms with E-state index in [1.807, 2.05) is 45.0 Å². The number of rotatable bonds is 16. The number of hydrogen-bond donors (Lipinski definition) is 1. The summed E-state index contributed by atoms with van der Waals surface area (Å²) in [5.74, 6) is 0.299. The summed E-state index contributed by atoms with van der Waals surface area (Å²) in [6.45, 7) is 7.98. The van der Waals surface area contributed by atoms with Crippen LogP contribution in [0.1, 0.15) is 44.7 Å². The molecular formula is C33H43N3O7S. The van der Waals surface area contributed by atoms with Crippen LogP contribution in [0.25, 0.3) is 0 Å². The number of carbonyl (C=O) groups excluding carboxylic acids is 2. The Labute approximate surface area is 261 Å². The van der Waals surface area contributed by atoms with Gasteiger partial charge < -0.3 is 24.4 Å². The largest absolute Gasteiger partial charge is 0.494 e. The van der Waals surface area contributed by atoms with Gasteiger partial charge in [0.25, 0.3) is 10.0 Å². The van der Waals surface area contributed by atoms with Crippen molar-refractivity contribution in [3.63, 3.8) is 0 Å². The van der Waals surface area contributed by atoms with E-state index in [0.717, 1.165) is 28.3 Å². The van der Waals surface area contributed by atoms with Crippen molar-refractivity contribution in [3.05, 3.63) is 77.9 Å². The fourth-order valence-corrected chi connectivity index (χ4v) is 5.95. The summed E-state index contributed by atoms with van der Waals surface area (Å²) in [5.41, 5.74) is 2.12. The third-order valence-electron chi connectivity index (χ3n) is 7.13. The number of hydrogen-bond acceptors (Lipinski definition) is 7. The fourth-order valence-electron chi connectivity index (χ4n) is 4.52. The first kappa shape index (κ1) is 34.2. The van der Waals surface area contributed by atoms with E-state index in [9.17, 15) is 18.0 Å². The molecule has 0 heterocycles. The zero-order valence-electron chi connectivity index (χ0n) is 26.3. The highest BCUT2D eigenvalue weighted by atomic mass is 32.2. The molecule has 1 N–H and O–H groups in total. The van der Waals surface area contributed by atoms with Crippen LogP contribution in [0.4, 0.5) is 5.69 Å². The average Bonchev–Trinajstić information content (AvgIpc) is 3.03. The second-order valence-electron chi connectivity index (χ2n) is 10.3. The van der Waals surface area contributed by atoms with Gasteiger partial charge in [0.15, 0.2) is 11.5 Å². The second-order valence-corrected chi connectivity index (χ2v) is 12.1. The predicted octanol–water partition coefficient (Wildman–Crippen LogP) is 4.94. The normalized spacial score (nSPS) is 11.8. The van der Waals surface area contributed by atoms with E-state index in [1.54, 1.807) is 31.2 Å². The molecule has 2 amide bonds. The van der Waals surface area contributed by atoms with Crippen molar-refractivity contribution < 1.29 is 32.2 Å². The Morgan fingerprint density at radius 1 is 0.909 bits per heavy atom. The summed E-state index contributed by atoms with van der Waals surface area (Å²) in [4.78, 5) is 28.6. The van der Waals surface area contributed by atoms with Gasteiger partial charge in [-0.25, -0.2) is 8.42 Å². The first-order chi connectivity index (χ1) is 21.0. The van der Waals surface area contributed by atoms with Gasteiger partial charge in [-0.2, -0.15) is 0 Å². The van der Waals surface area contributed by atoms with Gasteiger partial charge in [-0.3, -0.25) is 13.9 Å². The number of benzene rings is 3. The monoisotopic (exact) mass is 625 g/mol. The van der Waals surface area contributed by atoms with Gasteiger partial charge >= 0.3 is 0 Å². The molecule has 0 unspecified atom stereocenters. The van der Waals surface area contributed by atoms with Crippen LogP contribution in [0.3, 0.4) is 0 Å². The molecule has 0 aliphatic carbocycles. The van der Waals surface area contributed by atoms with E-state index in [4.69, 9.17) is 14.2 Å². The number of amides is 2. The number of aryl methyl sites for hydroxylation is 1. The highest BCUT2D eigenvalue weighted by molar-refractivity contribution is 7.92. The lowest BCUT2D eigenvalue weighted by molar-refractivity contribution is -0.139. The van der Waals surface area contributed by atoms with E-state index in [2.05, 4.69) is 5.32 Å². The van der Waals surface area contributed by atoms with E-state index in [-0.39, 0.29) is 28.8 Å². The van der Waals surface area contributed by atoms with E-state index < -0.39 is 28.5 Å². The van der Waals surface area contributed by atoms with Gasteiger partial charge in [0.2, 0.25) is 11.8 Å². The van der Waals surface area contributed by atoms with Crippen molar-refractivity contribution in [1.29, 1.82) is 0 Å². The Morgan fingerprint density at radius 3 is 2.16 bits per heavy atom. The summed E-state index contributed by atoms with van der Waals surface area (Å²) < 4.78 is 45.6. The summed E-state index contributed by atoms with van der Waals surface area (Å²) in [6, 6.07) is 17.5. The van der Waals surface area contributed by atoms with E-state index >= 15 is 0 Å². The van der Waals surface area contributed by atoms with Crippen molar-refractivity contribution in [2.24, 2.45) is 0 Å². The minimum absolute atomic E-state index is 0.0905. The molecule has 10 nitrogen and oxygen atoms in total. The molecule has 0 radical (unpaired) electrons. The fraction of sp³-hybridized carbons (Fsp3) is 0.394. The van der Waals surface area contributed by atoms with Crippen LogP contribution in [0, 0.1) is 6.92 Å². The van der Waals surface area contributed by atoms with Gasteiger partial charge in [-0.05, 0) is 69.2 Å². The summed E-state index contributed by atoms with van der Waals surface area (Å²) in [7, 11) is -1.43. The second kappa shape index (κ2) is 16.0. The highest BCUT2D eigenvalue weighted by Gasteiger charge is 2.33. The van der Waals surface area contributed by atoms with Crippen LogP contribution < -0.4 is 23.8 Å². The van der Waals surface area contributed by atoms with Crippen LogP contribution in [0.2, 0.25) is 0 Å². The molecule has 0 saturated carbocycles. The maximum absolute atomic E-state index is 14.2. The summed E-state index contributed by atoms with van der Waals surface area (Å²) >= 11 is 0. The molecule has 3 aromatic carbocycles. The summed E-state index contributed by atoms with van der Waals surface area (Å²) in [6.07, 6.45) is 1.71. The molecule has 3 aromatic rings. The maximum Gasteiger partial charge on any atom is 0.264 e. The number of ether oxygens (including phenoxy) is 3. The standard InChI is InChI=1S/C33H43N3O7S/c1-7-9-20-34-33(38)25(4)35(22-26-12-10-24(3)11-13-26)32(37)23-36(27-14-16-28(17-15-27)43-8-2)44(39,40)29-18-19-30(41-5)31(21-29)42-6/h10-19,21,25H,7-9,20,22-23H2,1-6H3,(H,34,38)/t25-/m1/s1. The molecule has 238 valence electrons. The van der Waals surface area contributed by atoms with E-state index in [0.29, 0.717) is 24.7 Å². The van der Waals surface area contributed by atoms with Crippen LogP contribution in [0.15, 0.2) is 71.6 Å². The molecule has 44 heavy (non-hydrogen) atoms. The molecule has 0 aromatic heterocycles. The molecule has 0 bridgehead atoms. The average molecular weight is 626 g/mol. The molecular weight excluding hydrogens is 582 g/mol.